The molecule has 4 rings (SSSR count). The molecular formula is C19H25N3O4. The van der Waals surface area contributed by atoms with Crippen molar-refractivity contribution in [1.82, 2.24) is 4.90 Å². The molecule has 2 fully saturated rings. The molecule has 2 N–H and O–H groups in total. The highest BCUT2D eigenvalue weighted by Crippen LogP contribution is 2.36. The van der Waals surface area contributed by atoms with Gasteiger partial charge in [-0.05, 0) is 37.8 Å². The summed E-state index contributed by atoms with van der Waals surface area (Å²) in [6, 6.07) is 7.70. The largest absolute Gasteiger partial charge is 0.376 e. The number of carbonyl (C=O) groups is 2. The number of nitrogens with one attached hydrogen (secondary N) is 2. The summed E-state index contributed by atoms with van der Waals surface area (Å²) in [6.07, 6.45) is 3.37. The number of carbonyl (C=O) groups excluding carboxylic acids is 2. The van der Waals surface area contributed by atoms with Crippen molar-refractivity contribution in [3.8, 4) is 0 Å². The summed E-state index contributed by atoms with van der Waals surface area (Å²) in [5.41, 5.74) is 1.11. The molecular weight excluding hydrogens is 334 g/mol. The predicted octanol–water partition coefficient (Wildman–Crippen LogP) is 1.61. The van der Waals surface area contributed by atoms with Gasteiger partial charge in [0, 0.05) is 19.7 Å². The highest BCUT2D eigenvalue weighted by molar-refractivity contribution is 6.06. The van der Waals surface area contributed by atoms with E-state index in [1.807, 2.05) is 24.3 Å². The van der Waals surface area contributed by atoms with Crippen LogP contribution in [-0.2, 0) is 19.1 Å². The van der Waals surface area contributed by atoms with Crippen molar-refractivity contribution < 1.29 is 19.1 Å². The number of fused-ring (bicyclic) bond motifs is 1. The summed E-state index contributed by atoms with van der Waals surface area (Å²) < 4.78 is 11.0. The number of rotatable bonds is 4. The van der Waals surface area contributed by atoms with Gasteiger partial charge in [-0.2, -0.15) is 0 Å². The van der Waals surface area contributed by atoms with Gasteiger partial charge in [-0.3, -0.25) is 9.59 Å². The summed E-state index contributed by atoms with van der Waals surface area (Å²) in [4.78, 5) is 26.8. The zero-order chi connectivity index (χ0) is 18.0. The van der Waals surface area contributed by atoms with Gasteiger partial charge in [-0.1, -0.05) is 12.1 Å². The van der Waals surface area contributed by atoms with Gasteiger partial charge in [-0.25, -0.2) is 0 Å². The van der Waals surface area contributed by atoms with Crippen LogP contribution in [0.25, 0.3) is 0 Å². The molecule has 0 aliphatic carbocycles. The van der Waals surface area contributed by atoms with Gasteiger partial charge in [0.25, 0.3) is 0 Å². The standard InChI is InChI=1S/C19H25N3O4/c23-17(13-25-12-14-4-3-11-26-14)22-9-7-19(8-10-22)18(24)20-15-5-1-2-6-16(15)21-19/h1-2,5-6,14,21H,3-4,7-13H2,(H,20,24). The van der Waals surface area contributed by atoms with Crippen LogP contribution in [-0.4, -0.2) is 61.3 Å². The average molecular weight is 359 g/mol. The van der Waals surface area contributed by atoms with E-state index in [0.717, 1.165) is 30.8 Å². The monoisotopic (exact) mass is 359 g/mol. The first-order valence-corrected chi connectivity index (χ1v) is 9.32. The molecule has 2 saturated heterocycles. The van der Waals surface area contributed by atoms with Crippen LogP contribution in [0.15, 0.2) is 24.3 Å². The third-order valence-electron chi connectivity index (χ3n) is 5.51. The van der Waals surface area contributed by atoms with Gasteiger partial charge in [0.1, 0.15) is 12.1 Å². The highest BCUT2D eigenvalue weighted by atomic mass is 16.5. The minimum atomic E-state index is -0.635. The molecule has 1 unspecified atom stereocenters. The molecule has 1 aromatic rings. The fraction of sp³-hybridized carbons (Fsp3) is 0.579. The van der Waals surface area contributed by atoms with E-state index in [1.165, 1.54) is 0 Å². The van der Waals surface area contributed by atoms with Crippen LogP contribution in [0.4, 0.5) is 11.4 Å². The second-order valence-corrected chi connectivity index (χ2v) is 7.24. The van der Waals surface area contributed by atoms with Gasteiger partial charge in [0.15, 0.2) is 0 Å². The van der Waals surface area contributed by atoms with E-state index in [9.17, 15) is 9.59 Å². The fourth-order valence-electron chi connectivity index (χ4n) is 3.89. The van der Waals surface area contributed by atoms with Gasteiger partial charge in [0.05, 0.1) is 24.1 Å². The first-order valence-electron chi connectivity index (χ1n) is 9.32. The lowest BCUT2D eigenvalue weighted by Gasteiger charge is -2.44. The molecule has 7 nitrogen and oxygen atoms in total. The number of para-hydroxylation sites is 2. The van der Waals surface area contributed by atoms with Crippen molar-refractivity contribution in [2.24, 2.45) is 0 Å². The number of hydrogen-bond acceptors (Lipinski definition) is 5. The molecule has 0 aromatic heterocycles. The minimum Gasteiger partial charge on any atom is -0.376 e. The molecule has 3 heterocycles. The van der Waals surface area contributed by atoms with Crippen molar-refractivity contribution >= 4 is 23.2 Å². The molecule has 0 saturated carbocycles. The fourth-order valence-corrected chi connectivity index (χ4v) is 3.89. The van der Waals surface area contributed by atoms with Crippen LogP contribution in [0.1, 0.15) is 25.7 Å². The molecule has 0 bridgehead atoms. The zero-order valence-electron chi connectivity index (χ0n) is 14.8. The second-order valence-electron chi connectivity index (χ2n) is 7.24. The predicted molar refractivity (Wildman–Crippen MR) is 97.0 cm³/mol. The Morgan fingerprint density at radius 1 is 1.27 bits per heavy atom. The molecule has 3 aliphatic rings. The van der Waals surface area contributed by atoms with Crippen LogP contribution in [0.3, 0.4) is 0 Å². The van der Waals surface area contributed by atoms with E-state index in [0.29, 0.717) is 32.5 Å². The molecule has 1 aromatic carbocycles. The minimum absolute atomic E-state index is 0.0158. The Hall–Kier alpha value is -2.12. The lowest BCUT2D eigenvalue weighted by molar-refractivity contribution is -0.140. The Kier molecular flexibility index (Phi) is 4.82. The number of likely N-dealkylation sites (tertiary alicyclic amines) is 1. The maximum atomic E-state index is 12.6. The zero-order valence-corrected chi connectivity index (χ0v) is 14.8. The van der Waals surface area contributed by atoms with Gasteiger partial charge < -0.3 is 25.0 Å². The second kappa shape index (κ2) is 7.25. The molecule has 7 heteroatoms. The smallest absolute Gasteiger partial charge is 0.250 e. The number of hydrogen-bond donors (Lipinski definition) is 2. The van der Waals surface area contributed by atoms with Crippen molar-refractivity contribution in [1.29, 1.82) is 0 Å². The molecule has 1 atom stereocenters. The van der Waals surface area contributed by atoms with Crippen LogP contribution in [0.5, 0.6) is 0 Å². The third kappa shape index (κ3) is 3.41. The lowest BCUT2D eigenvalue weighted by Crippen LogP contribution is -2.59. The number of anilines is 2. The third-order valence-corrected chi connectivity index (χ3v) is 5.51. The van der Waals surface area contributed by atoms with Crippen molar-refractivity contribution in [3.63, 3.8) is 0 Å². The first kappa shape index (κ1) is 17.3. The van der Waals surface area contributed by atoms with Crippen molar-refractivity contribution in [3.05, 3.63) is 24.3 Å². The summed E-state index contributed by atoms with van der Waals surface area (Å²) >= 11 is 0. The maximum absolute atomic E-state index is 12.6. The Morgan fingerprint density at radius 2 is 2.04 bits per heavy atom. The summed E-state index contributed by atoms with van der Waals surface area (Å²) in [6.45, 7) is 2.43. The van der Waals surface area contributed by atoms with Gasteiger partial charge >= 0.3 is 0 Å². The topological polar surface area (TPSA) is 79.9 Å². The van der Waals surface area contributed by atoms with E-state index < -0.39 is 5.54 Å². The van der Waals surface area contributed by atoms with Crippen LogP contribution < -0.4 is 10.6 Å². The molecule has 0 radical (unpaired) electrons. The molecule has 140 valence electrons. The molecule has 3 aliphatic heterocycles. The summed E-state index contributed by atoms with van der Waals surface area (Å²) in [5, 5.41) is 6.39. The van der Waals surface area contributed by atoms with E-state index >= 15 is 0 Å². The Morgan fingerprint density at radius 3 is 2.77 bits per heavy atom. The van der Waals surface area contributed by atoms with Crippen LogP contribution >= 0.6 is 0 Å². The van der Waals surface area contributed by atoms with Gasteiger partial charge in [0.2, 0.25) is 11.8 Å². The number of ether oxygens (including phenoxy) is 2. The quantitative estimate of drug-likeness (QED) is 0.854. The van der Waals surface area contributed by atoms with Crippen molar-refractivity contribution in [2.45, 2.75) is 37.3 Å². The van der Waals surface area contributed by atoms with E-state index in [4.69, 9.17) is 9.47 Å². The molecule has 26 heavy (non-hydrogen) atoms. The highest BCUT2D eigenvalue weighted by Gasteiger charge is 2.44. The Balaban J connectivity index is 1.29. The van der Waals surface area contributed by atoms with Crippen LogP contribution in [0, 0.1) is 0 Å². The average Bonchev–Trinajstić information content (AvgIpc) is 3.17. The maximum Gasteiger partial charge on any atom is 0.250 e. The Bertz CT molecular complexity index is 679. The Labute approximate surface area is 153 Å². The van der Waals surface area contributed by atoms with Gasteiger partial charge in [-0.15, -0.1) is 0 Å². The van der Waals surface area contributed by atoms with E-state index in [2.05, 4.69) is 10.6 Å². The SMILES string of the molecule is O=C(COCC1CCCO1)N1CCC2(CC1)Nc1ccccc1NC2=O. The van der Waals surface area contributed by atoms with E-state index in [1.54, 1.807) is 4.90 Å². The first-order chi connectivity index (χ1) is 12.7. The lowest BCUT2D eigenvalue weighted by atomic mass is 9.84. The number of amides is 2. The molecule has 1 spiro atoms. The number of nitrogens with zero attached hydrogens (tertiary/aromatic N) is 1. The number of benzene rings is 1. The normalized spacial score (nSPS) is 24.1. The number of piperidine rings is 1. The van der Waals surface area contributed by atoms with Crippen LogP contribution in [0.2, 0.25) is 0 Å². The summed E-state index contributed by atoms with van der Waals surface area (Å²) in [7, 11) is 0. The van der Waals surface area contributed by atoms with Crippen molar-refractivity contribution in [2.75, 3.05) is 43.5 Å². The van der Waals surface area contributed by atoms with E-state index in [-0.39, 0.29) is 24.5 Å². The molecule has 2 amide bonds. The summed E-state index contributed by atoms with van der Waals surface area (Å²) in [5.74, 6) is -0.0348.